The third kappa shape index (κ3) is 4.17. The summed E-state index contributed by atoms with van der Waals surface area (Å²) in [5, 5.41) is 11.0. The lowest BCUT2D eigenvalue weighted by Gasteiger charge is -2.44. The van der Waals surface area contributed by atoms with Crippen LogP contribution in [0.4, 0.5) is 0 Å². The molecule has 1 aromatic rings. The largest absolute Gasteiger partial charge is 0.457 e. The van der Waals surface area contributed by atoms with Gasteiger partial charge in [0.2, 0.25) is 5.91 Å². The van der Waals surface area contributed by atoms with E-state index in [0.717, 1.165) is 0 Å². The predicted molar refractivity (Wildman–Crippen MR) is 111 cm³/mol. The van der Waals surface area contributed by atoms with Gasteiger partial charge in [0.25, 0.3) is 0 Å². The van der Waals surface area contributed by atoms with Crippen molar-refractivity contribution >= 4 is 32.0 Å². The van der Waals surface area contributed by atoms with Gasteiger partial charge in [0.1, 0.15) is 24.0 Å². The highest BCUT2D eigenvalue weighted by molar-refractivity contribution is 8.04. The molecule has 11 heteroatoms. The average Bonchev–Trinajstić information content (AvgIpc) is 3.25. The van der Waals surface area contributed by atoms with Crippen LogP contribution in [0.5, 0.6) is 0 Å². The number of nitrogens with zero attached hydrogens (tertiary/aromatic N) is 5. The number of amides is 1. The van der Waals surface area contributed by atoms with E-state index in [1.807, 2.05) is 0 Å². The molecule has 0 radical (unpaired) electrons. The van der Waals surface area contributed by atoms with Gasteiger partial charge in [0.05, 0.1) is 12.5 Å². The summed E-state index contributed by atoms with van der Waals surface area (Å²) in [5.41, 5.74) is 0.269. The van der Waals surface area contributed by atoms with Crippen LogP contribution in [0.3, 0.4) is 0 Å². The number of thioether (sulfide) groups is 1. The first kappa shape index (κ1) is 21.7. The first-order valence-electron chi connectivity index (χ1n) is 9.42. The van der Waals surface area contributed by atoms with Gasteiger partial charge < -0.3 is 9.16 Å². The molecule has 1 amide bonds. The molecular weight excluding hydrogens is 410 g/mol. The van der Waals surface area contributed by atoms with Crippen LogP contribution in [0.25, 0.3) is 0 Å². The molecule has 1 aromatic heterocycles. The van der Waals surface area contributed by atoms with E-state index in [2.05, 4.69) is 56.0 Å². The minimum Gasteiger partial charge on any atom is -0.457 e. The Bertz CT molecular complexity index is 834. The molecule has 0 unspecified atom stereocenters. The van der Waals surface area contributed by atoms with Crippen molar-refractivity contribution in [1.82, 2.24) is 25.1 Å². The number of β-lactam (4-membered cyclic amide) rings is 1. The standard InChI is InChI=1S/C18H27N5O4SSi/c1-7-8-26-17(25)14-13(9-22-11-19-20-21-22)28-16-12(15(24)23(14)16)10-27-29(5,6)18(2,3)4/h7,11-12,16H,1,8-10H2,2-6H3/t12-,16+/m0/s1. The van der Waals surface area contributed by atoms with Gasteiger partial charge in [-0.1, -0.05) is 45.2 Å². The summed E-state index contributed by atoms with van der Waals surface area (Å²) in [6, 6.07) is 0. The van der Waals surface area contributed by atoms with Gasteiger partial charge in [-0.3, -0.25) is 9.69 Å². The number of rotatable bonds is 8. The first-order chi connectivity index (χ1) is 13.6. The van der Waals surface area contributed by atoms with Crippen molar-refractivity contribution in [3.8, 4) is 0 Å². The maximum Gasteiger partial charge on any atom is 0.356 e. The van der Waals surface area contributed by atoms with Gasteiger partial charge in [-0.25, -0.2) is 9.48 Å². The number of carbonyl (C=O) groups is 2. The van der Waals surface area contributed by atoms with Crippen LogP contribution < -0.4 is 0 Å². The minimum atomic E-state index is -1.98. The second-order valence-corrected chi connectivity index (χ2v) is 14.6. The van der Waals surface area contributed by atoms with Crippen LogP contribution in [0.2, 0.25) is 18.1 Å². The Morgan fingerprint density at radius 3 is 2.72 bits per heavy atom. The third-order valence-electron chi connectivity index (χ3n) is 5.57. The molecule has 29 heavy (non-hydrogen) atoms. The van der Waals surface area contributed by atoms with Crippen molar-refractivity contribution < 1.29 is 18.8 Å². The number of allylic oxidation sites excluding steroid dienone is 1. The Kier molecular flexibility index (Phi) is 6.02. The monoisotopic (exact) mass is 437 g/mol. The highest BCUT2D eigenvalue weighted by Gasteiger charge is 2.56. The lowest BCUT2D eigenvalue weighted by molar-refractivity contribution is -0.154. The summed E-state index contributed by atoms with van der Waals surface area (Å²) < 4.78 is 13.0. The number of fused-ring (bicyclic) bond motifs is 1. The quantitative estimate of drug-likeness (QED) is 0.264. The molecular formula is C18H27N5O4SSi. The Hall–Kier alpha value is -1.98. The van der Waals surface area contributed by atoms with Crippen molar-refractivity contribution in [2.75, 3.05) is 13.2 Å². The fraction of sp³-hybridized carbons (Fsp3) is 0.611. The van der Waals surface area contributed by atoms with Gasteiger partial charge in [-0.05, 0) is 28.6 Å². The summed E-state index contributed by atoms with van der Waals surface area (Å²) in [5.74, 6) is -0.943. The molecule has 0 aliphatic carbocycles. The Morgan fingerprint density at radius 1 is 1.41 bits per heavy atom. The summed E-state index contributed by atoms with van der Waals surface area (Å²) in [4.78, 5) is 27.7. The van der Waals surface area contributed by atoms with E-state index in [1.54, 1.807) is 0 Å². The van der Waals surface area contributed by atoms with E-state index in [4.69, 9.17) is 9.16 Å². The van der Waals surface area contributed by atoms with Crippen LogP contribution in [0.1, 0.15) is 20.8 Å². The number of hydrogen-bond acceptors (Lipinski definition) is 8. The number of tetrazole rings is 1. The minimum absolute atomic E-state index is 0.0610. The Balaban J connectivity index is 1.76. The number of esters is 1. The van der Waals surface area contributed by atoms with Crippen LogP contribution in [-0.2, 0) is 25.3 Å². The average molecular weight is 438 g/mol. The topological polar surface area (TPSA) is 99.4 Å². The summed E-state index contributed by atoms with van der Waals surface area (Å²) in [6.07, 6.45) is 2.96. The van der Waals surface area contributed by atoms with Gasteiger partial charge in [0.15, 0.2) is 8.32 Å². The van der Waals surface area contributed by atoms with E-state index < -0.39 is 14.3 Å². The molecule has 9 nitrogen and oxygen atoms in total. The first-order valence-corrected chi connectivity index (χ1v) is 13.2. The fourth-order valence-electron chi connectivity index (χ4n) is 2.83. The Morgan fingerprint density at radius 2 is 2.14 bits per heavy atom. The van der Waals surface area contributed by atoms with E-state index in [1.165, 1.54) is 33.7 Å². The van der Waals surface area contributed by atoms with Gasteiger partial charge >= 0.3 is 5.97 Å². The van der Waals surface area contributed by atoms with Gasteiger partial charge in [0, 0.05) is 11.5 Å². The molecule has 2 aliphatic rings. The SMILES string of the molecule is C=CCOC(=O)C1=C(Cn2cnnn2)S[C@@H]2[C@@H](CO[Si](C)(C)C(C)(C)C)C(=O)N12. The normalized spacial score (nSPS) is 21.8. The number of carbonyl (C=O) groups excluding carboxylic acids is 2. The van der Waals surface area contributed by atoms with Crippen LogP contribution >= 0.6 is 11.8 Å². The summed E-state index contributed by atoms with van der Waals surface area (Å²) in [7, 11) is -1.98. The third-order valence-corrected chi connectivity index (χ3v) is 11.5. The van der Waals surface area contributed by atoms with Gasteiger partial charge in [-0.15, -0.1) is 5.10 Å². The maximum absolute atomic E-state index is 12.9. The van der Waals surface area contributed by atoms with Crippen molar-refractivity contribution in [3.63, 3.8) is 0 Å². The summed E-state index contributed by atoms with van der Waals surface area (Å²) >= 11 is 1.48. The lowest BCUT2D eigenvalue weighted by atomic mass is 9.98. The second-order valence-electron chi connectivity index (χ2n) is 8.56. The molecule has 158 valence electrons. The maximum atomic E-state index is 12.9. The molecule has 1 fully saturated rings. The van der Waals surface area contributed by atoms with E-state index in [0.29, 0.717) is 18.1 Å². The zero-order valence-corrected chi connectivity index (χ0v) is 19.2. The highest BCUT2D eigenvalue weighted by Crippen LogP contribution is 2.50. The second kappa shape index (κ2) is 8.03. The molecule has 0 saturated carbocycles. The fourth-order valence-corrected chi connectivity index (χ4v) is 5.32. The number of ether oxygens (including phenoxy) is 1. The smallest absolute Gasteiger partial charge is 0.356 e. The van der Waals surface area contributed by atoms with Crippen molar-refractivity contribution in [2.45, 2.75) is 50.8 Å². The van der Waals surface area contributed by atoms with Crippen molar-refractivity contribution in [3.05, 3.63) is 29.6 Å². The van der Waals surface area contributed by atoms with Crippen LogP contribution in [0.15, 0.2) is 29.6 Å². The van der Waals surface area contributed by atoms with E-state index >= 15 is 0 Å². The molecule has 0 N–H and O–H groups in total. The molecule has 0 aromatic carbocycles. The zero-order valence-electron chi connectivity index (χ0n) is 17.4. The predicted octanol–water partition coefficient (Wildman–Crippen LogP) is 2.17. The van der Waals surface area contributed by atoms with Gasteiger partial charge in [-0.2, -0.15) is 0 Å². The van der Waals surface area contributed by atoms with Crippen molar-refractivity contribution in [2.24, 2.45) is 5.92 Å². The molecule has 2 aliphatic heterocycles. The molecule has 0 spiro atoms. The lowest BCUT2D eigenvalue weighted by Crippen LogP contribution is -2.60. The molecule has 1 saturated heterocycles. The van der Waals surface area contributed by atoms with Crippen LogP contribution in [-0.4, -0.2) is 63.9 Å². The molecule has 3 heterocycles. The van der Waals surface area contributed by atoms with E-state index in [9.17, 15) is 9.59 Å². The highest BCUT2D eigenvalue weighted by atomic mass is 32.2. The number of hydrogen-bond donors (Lipinski definition) is 0. The summed E-state index contributed by atoms with van der Waals surface area (Å²) in [6.45, 7) is 15.1. The Labute approximate surface area is 175 Å². The zero-order chi connectivity index (χ0) is 21.4. The molecule has 0 bridgehead atoms. The van der Waals surface area contributed by atoms with E-state index in [-0.39, 0.29) is 34.5 Å². The molecule has 3 rings (SSSR count). The van der Waals surface area contributed by atoms with Crippen molar-refractivity contribution in [1.29, 1.82) is 0 Å². The molecule has 2 atom stereocenters. The van der Waals surface area contributed by atoms with Crippen LogP contribution in [0, 0.1) is 5.92 Å². The number of aromatic nitrogens is 4.